The van der Waals surface area contributed by atoms with Crippen LogP contribution in [0.3, 0.4) is 0 Å². The third-order valence-corrected chi connectivity index (χ3v) is 5.80. The van der Waals surface area contributed by atoms with Crippen LogP contribution < -0.4 is 4.74 Å². The van der Waals surface area contributed by atoms with E-state index in [2.05, 4.69) is 6.58 Å². The Bertz CT molecular complexity index is 1280. The third kappa shape index (κ3) is 7.38. The number of aromatic carboxylic acids is 1. The normalized spacial score (nSPS) is 11.4. The van der Waals surface area contributed by atoms with Crippen molar-refractivity contribution in [1.82, 2.24) is 0 Å². The fourth-order valence-electron chi connectivity index (χ4n) is 3.92. The van der Waals surface area contributed by atoms with Gasteiger partial charge in [0.15, 0.2) is 5.78 Å². The number of benzene rings is 3. The smallest absolute Gasteiger partial charge is 0.339 e. The van der Waals surface area contributed by atoms with Crippen LogP contribution in [0.5, 0.6) is 5.75 Å². The van der Waals surface area contributed by atoms with Gasteiger partial charge < -0.3 is 24.4 Å². The molecule has 0 unspecified atom stereocenters. The first-order chi connectivity index (χ1) is 18.3. The number of aliphatic hydroxyl groups is 1. The van der Waals surface area contributed by atoms with E-state index in [-0.39, 0.29) is 49.6 Å². The number of carboxylic acid groups (broad SMARTS) is 1. The number of methoxy groups -OCH3 is 1. The van der Waals surface area contributed by atoms with Crippen LogP contribution >= 0.6 is 0 Å². The molecule has 0 aliphatic carbocycles. The second-order valence-corrected chi connectivity index (χ2v) is 8.43. The van der Waals surface area contributed by atoms with E-state index >= 15 is 0 Å². The van der Waals surface area contributed by atoms with Gasteiger partial charge in [-0.3, -0.25) is 4.79 Å². The molecule has 198 valence electrons. The summed E-state index contributed by atoms with van der Waals surface area (Å²) in [6.45, 7) is 3.87. The Morgan fingerprint density at radius 2 is 1.50 bits per heavy atom. The lowest BCUT2D eigenvalue weighted by Crippen LogP contribution is -2.15. The Labute approximate surface area is 221 Å². The molecule has 3 rings (SSSR count). The number of carbonyl (C=O) groups is 3. The van der Waals surface area contributed by atoms with Crippen LogP contribution in [-0.4, -0.2) is 54.9 Å². The fourth-order valence-corrected chi connectivity index (χ4v) is 3.92. The van der Waals surface area contributed by atoms with Crippen molar-refractivity contribution in [1.29, 1.82) is 0 Å². The molecule has 2 N–H and O–H groups in total. The molecule has 0 aromatic heterocycles. The number of esters is 1. The standard InChI is InChI=1S/C30H30O8/c1-20(19-36-2)27(32)15-16-28(21-11-13-22(14-12-21)37-18-17-31)38-30(35)26-10-6-4-8-24(26)23-7-3-5-9-25(23)29(33)34/h3-14,28,31H,1,15-19H2,2H3,(H,33,34)/t28-/m0/s1. The molecule has 38 heavy (non-hydrogen) atoms. The van der Waals surface area contributed by atoms with Gasteiger partial charge in [0.25, 0.3) is 0 Å². The second kappa shape index (κ2) is 13.9. The van der Waals surface area contributed by atoms with Gasteiger partial charge in [0, 0.05) is 19.1 Å². The first-order valence-corrected chi connectivity index (χ1v) is 12.0. The van der Waals surface area contributed by atoms with Crippen molar-refractivity contribution in [2.24, 2.45) is 0 Å². The maximum atomic E-state index is 13.4. The van der Waals surface area contributed by atoms with Gasteiger partial charge in [0.2, 0.25) is 0 Å². The highest BCUT2D eigenvalue weighted by molar-refractivity contribution is 6.02. The zero-order valence-corrected chi connectivity index (χ0v) is 21.1. The Morgan fingerprint density at radius 3 is 2.11 bits per heavy atom. The predicted molar refractivity (Wildman–Crippen MR) is 141 cm³/mol. The van der Waals surface area contributed by atoms with Crippen molar-refractivity contribution >= 4 is 17.7 Å². The molecule has 0 aliphatic heterocycles. The molecule has 8 nitrogen and oxygen atoms in total. The summed E-state index contributed by atoms with van der Waals surface area (Å²) in [6, 6.07) is 19.9. The van der Waals surface area contributed by atoms with E-state index in [9.17, 15) is 19.5 Å². The topological polar surface area (TPSA) is 119 Å². The highest BCUT2D eigenvalue weighted by atomic mass is 16.5. The van der Waals surface area contributed by atoms with Crippen molar-refractivity contribution in [3.05, 3.63) is 102 Å². The predicted octanol–water partition coefficient (Wildman–Crippen LogP) is 4.87. The van der Waals surface area contributed by atoms with Crippen LogP contribution in [0.15, 0.2) is 84.9 Å². The van der Waals surface area contributed by atoms with Gasteiger partial charge in [-0.2, -0.15) is 0 Å². The largest absolute Gasteiger partial charge is 0.491 e. The lowest BCUT2D eigenvalue weighted by Gasteiger charge is -2.20. The summed E-state index contributed by atoms with van der Waals surface area (Å²) in [5.41, 5.74) is 2.03. The fraction of sp³-hybridized carbons (Fsp3) is 0.233. The summed E-state index contributed by atoms with van der Waals surface area (Å²) in [6.07, 6.45) is -0.513. The lowest BCUT2D eigenvalue weighted by molar-refractivity contribution is -0.116. The molecule has 0 aliphatic rings. The van der Waals surface area contributed by atoms with Crippen LogP contribution in [0.1, 0.15) is 45.2 Å². The quantitative estimate of drug-likeness (QED) is 0.229. The number of aliphatic hydroxyl groups excluding tert-OH is 1. The molecule has 0 heterocycles. The van der Waals surface area contributed by atoms with Gasteiger partial charge in [0.05, 0.1) is 24.3 Å². The maximum absolute atomic E-state index is 13.4. The molecule has 0 radical (unpaired) electrons. The van der Waals surface area contributed by atoms with Crippen LogP contribution in [0, 0.1) is 0 Å². The minimum atomic E-state index is -1.11. The Morgan fingerprint density at radius 1 is 0.895 bits per heavy atom. The summed E-state index contributed by atoms with van der Waals surface area (Å²) in [7, 11) is 1.48. The van der Waals surface area contributed by atoms with E-state index in [0.717, 1.165) is 0 Å². The van der Waals surface area contributed by atoms with Crippen molar-refractivity contribution in [2.75, 3.05) is 26.9 Å². The molecule has 0 amide bonds. The van der Waals surface area contributed by atoms with Crippen LogP contribution in [-0.2, 0) is 14.3 Å². The Balaban J connectivity index is 1.90. The van der Waals surface area contributed by atoms with Gasteiger partial charge in [-0.05, 0) is 47.4 Å². The number of hydrogen-bond donors (Lipinski definition) is 2. The van der Waals surface area contributed by atoms with Gasteiger partial charge in [-0.1, -0.05) is 55.1 Å². The van der Waals surface area contributed by atoms with Gasteiger partial charge >= 0.3 is 11.9 Å². The molecule has 0 fully saturated rings. The Hall–Kier alpha value is -4.27. The zero-order chi connectivity index (χ0) is 27.5. The molecule has 3 aromatic rings. The van der Waals surface area contributed by atoms with Gasteiger partial charge in [0.1, 0.15) is 18.5 Å². The molecule has 0 spiro atoms. The number of carbonyl (C=O) groups excluding carboxylic acids is 2. The molecular weight excluding hydrogens is 488 g/mol. The summed E-state index contributed by atoms with van der Waals surface area (Å²) < 4.78 is 16.3. The average Bonchev–Trinajstić information content (AvgIpc) is 2.94. The number of ketones is 1. The third-order valence-electron chi connectivity index (χ3n) is 5.80. The number of carboxylic acids is 1. The second-order valence-electron chi connectivity index (χ2n) is 8.43. The number of Topliss-reactive ketones (excluding diaryl/α,β-unsaturated/α-hetero) is 1. The number of rotatable bonds is 14. The zero-order valence-electron chi connectivity index (χ0n) is 21.1. The Kier molecular flexibility index (Phi) is 10.3. The molecule has 3 aromatic carbocycles. The van der Waals surface area contributed by atoms with Crippen LogP contribution in [0.25, 0.3) is 11.1 Å². The van der Waals surface area contributed by atoms with Crippen molar-refractivity contribution in [3.63, 3.8) is 0 Å². The highest BCUT2D eigenvalue weighted by Crippen LogP contribution is 2.31. The van der Waals surface area contributed by atoms with Crippen molar-refractivity contribution < 1.29 is 38.8 Å². The van der Waals surface area contributed by atoms with E-state index in [4.69, 9.17) is 19.3 Å². The SMILES string of the molecule is C=C(COC)C(=O)CC[C@H](OC(=O)c1ccccc1-c1ccccc1C(=O)O)c1ccc(OCCO)cc1. The summed E-state index contributed by atoms with van der Waals surface area (Å²) in [5, 5.41) is 18.6. The van der Waals surface area contributed by atoms with Crippen molar-refractivity contribution in [3.8, 4) is 16.9 Å². The summed E-state index contributed by atoms with van der Waals surface area (Å²) >= 11 is 0. The lowest BCUT2D eigenvalue weighted by atomic mass is 9.95. The summed E-state index contributed by atoms with van der Waals surface area (Å²) in [5.74, 6) is -1.44. The maximum Gasteiger partial charge on any atom is 0.339 e. The average molecular weight is 519 g/mol. The minimum absolute atomic E-state index is 0.0602. The highest BCUT2D eigenvalue weighted by Gasteiger charge is 2.23. The van der Waals surface area contributed by atoms with E-state index in [1.165, 1.54) is 13.2 Å². The van der Waals surface area contributed by atoms with E-state index in [0.29, 0.717) is 28.0 Å². The molecule has 8 heteroatoms. The molecule has 0 saturated carbocycles. The van der Waals surface area contributed by atoms with Crippen molar-refractivity contribution in [2.45, 2.75) is 18.9 Å². The first-order valence-electron chi connectivity index (χ1n) is 12.0. The van der Waals surface area contributed by atoms with Crippen LogP contribution in [0.2, 0.25) is 0 Å². The molecular formula is C30H30O8. The van der Waals surface area contributed by atoms with Gasteiger partial charge in [-0.25, -0.2) is 9.59 Å². The molecule has 0 bridgehead atoms. The van der Waals surface area contributed by atoms with E-state index in [1.807, 2.05) is 0 Å². The number of ether oxygens (including phenoxy) is 3. The molecule has 1 atom stereocenters. The monoisotopic (exact) mass is 518 g/mol. The van der Waals surface area contributed by atoms with E-state index in [1.54, 1.807) is 66.7 Å². The van der Waals surface area contributed by atoms with E-state index < -0.39 is 18.0 Å². The number of hydrogen-bond acceptors (Lipinski definition) is 7. The van der Waals surface area contributed by atoms with Gasteiger partial charge in [-0.15, -0.1) is 0 Å². The summed E-state index contributed by atoms with van der Waals surface area (Å²) in [4.78, 5) is 37.8. The molecule has 0 saturated heterocycles. The minimum Gasteiger partial charge on any atom is -0.491 e. The first kappa shape index (κ1) is 28.3. The van der Waals surface area contributed by atoms with Crippen LogP contribution in [0.4, 0.5) is 0 Å².